The van der Waals surface area contributed by atoms with Gasteiger partial charge in [-0.15, -0.1) is 11.8 Å². The Morgan fingerprint density at radius 1 is 0.951 bits per heavy atom. The molecule has 3 aromatic rings. The summed E-state index contributed by atoms with van der Waals surface area (Å²) in [5, 5.41) is 0.728. The minimum absolute atomic E-state index is 0.140. The normalized spacial score (nSPS) is 23.2. The maximum atomic E-state index is 13.0. The van der Waals surface area contributed by atoms with E-state index in [0.717, 1.165) is 52.1 Å². The topological polar surface area (TPSA) is 44.8 Å². The lowest BCUT2D eigenvalue weighted by Gasteiger charge is -2.35. The van der Waals surface area contributed by atoms with E-state index in [1.54, 1.807) is 0 Å². The molecule has 3 fully saturated rings. The van der Waals surface area contributed by atoms with Crippen molar-refractivity contribution in [2.45, 2.75) is 79.5 Å². The van der Waals surface area contributed by atoms with Gasteiger partial charge in [-0.25, -0.2) is 0 Å². The summed E-state index contributed by atoms with van der Waals surface area (Å²) in [6.45, 7) is 2.23. The first kappa shape index (κ1) is 28.7. The number of rotatable bonds is 9. The summed E-state index contributed by atoms with van der Waals surface area (Å²) in [5.74, 6) is -0.870. The molecule has 0 radical (unpaired) electrons. The Bertz CT molecular complexity index is 1300. The average molecular weight is 634 g/mol. The fraction of sp³-hybridized carbons (Fsp3) is 0.400. The molecule has 2 aliphatic carbocycles. The third-order valence-electron chi connectivity index (χ3n) is 8.26. The van der Waals surface area contributed by atoms with E-state index in [1.165, 1.54) is 17.7 Å². The van der Waals surface area contributed by atoms with Gasteiger partial charge >= 0.3 is 5.97 Å². The van der Waals surface area contributed by atoms with Crippen LogP contribution >= 0.6 is 27.7 Å². The molecule has 1 aliphatic heterocycles. The molecule has 1 saturated heterocycles. The van der Waals surface area contributed by atoms with Crippen LogP contribution in [0.2, 0.25) is 0 Å². The van der Waals surface area contributed by atoms with Crippen molar-refractivity contribution >= 4 is 33.7 Å². The minimum atomic E-state index is -0.591. The summed E-state index contributed by atoms with van der Waals surface area (Å²) >= 11 is 5.65. The molecule has 6 heteroatoms. The van der Waals surface area contributed by atoms with E-state index in [-0.39, 0.29) is 18.2 Å². The van der Waals surface area contributed by atoms with Gasteiger partial charge in [0.1, 0.15) is 12.2 Å². The van der Waals surface area contributed by atoms with Crippen molar-refractivity contribution in [1.29, 1.82) is 0 Å². The van der Waals surface area contributed by atoms with Gasteiger partial charge in [0.15, 0.2) is 5.79 Å². The van der Waals surface area contributed by atoms with Gasteiger partial charge in [0, 0.05) is 27.5 Å². The van der Waals surface area contributed by atoms with Gasteiger partial charge in [0.05, 0.1) is 12.5 Å². The van der Waals surface area contributed by atoms with Gasteiger partial charge in [-0.3, -0.25) is 4.79 Å². The molecular formula is C35H37BrO4S. The van der Waals surface area contributed by atoms with Crippen LogP contribution in [-0.4, -0.2) is 23.6 Å². The van der Waals surface area contributed by atoms with Crippen molar-refractivity contribution in [3.05, 3.63) is 112 Å². The maximum absolute atomic E-state index is 13.0. The largest absolute Gasteiger partial charge is 0.465 e. The molecule has 0 bridgehead atoms. The van der Waals surface area contributed by atoms with Crippen LogP contribution in [0.5, 0.6) is 0 Å². The lowest BCUT2D eigenvalue weighted by Crippen LogP contribution is -2.35. The van der Waals surface area contributed by atoms with Crippen LogP contribution in [0.4, 0.5) is 0 Å². The number of carbonyl (C=O) groups is 1. The lowest BCUT2D eigenvalue weighted by atomic mass is 9.84. The third-order valence-corrected chi connectivity index (χ3v) is 10.6. The molecule has 1 heterocycles. The Kier molecular flexibility index (Phi) is 9.01. The molecule has 1 unspecified atom stereocenters. The zero-order chi connectivity index (χ0) is 28.2. The molecular weight excluding hydrogens is 596 g/mol. The summed E-state index contributed by atoms with van der Waals surface area (Å²) in [4.78, 5) is 14.2. The number of halogens is 1. The van der Waals surface area contributed by atoms with E-state index < -0.39 is 11.7 Å². The fourth-order valence-electron chi connectivity index (χ4n) is 5.89. The number of hydrogen-bond donors (Lipinski definition) is 0. The van der Waals surface area contributed by atoms with Crippen molar-refractivity contribution < 1.29 is 19.0 Å². The number of allylic oxidation sites excluding steroid dienone is 1. The van der Waals surface area contributed by atoms with E-state index in [0.29, 0.717) is 12.5 Å². The molecule has 214 valence electrons. The highest BCUT2D eigenvalue weighted by atomic mass is 79.9. The summed E-state index contributed by atoms with van der Waals surface area (Å²) in [7, 11) is 0. The van der Waals surface area contributed by atoms with Gasteiger partial charge in [-0.05, 0) is 83.3 Å². The Morgan fingerprint density at radius 3 is 2.10 bits per heavy atom. The highest BCUT2D eigenvalue weighted by Gasteiger charge is 2.50. The zero-order valence-electron chi connectivity index (χ0n) is 23.4. The number of carbonyl (C=O) groups excluding carboxylic acids is 1. The third kappa shape index (κ3) is 6.83. The van der Waals surface area contributed by atoms with Gasteiger partial charge in [0.2, 0.25) is 0 Å². The Morgan fingerprint density at radius 2 is 1.56 bits per heavy atom. The van der Waals surface area contributed by atoms with Gasteiger partial charge in [-0.1, -0.05) is 78.9 Å². The molecule has 3 aromatic carbocycles. The van der Waals surface area contributed by atoms with Crippen LogP contribution in [-0.2, 0) is 19.0 Å². The standard InChI is InChI=1S/C35H37BrO4S/c1-2-38-34(37)29(27-14-18-31(30(36)23-27)41-28-15-16-28)17-13-24-19-21-35(22-20-24)39-32(25-9-5-3-6-10-25)33(40-35)26-11-7-4-8-12-26/h3-14,17-18,23-24,28-29,32-33H,2,15-16,19-22H2,1H3/t29?,32-,33-/m0/s1. The van der Waals surface area contributed by atoms with Crippen molar-refractivity contribution in [3.8, 4) is 0 Å². The molecule has 3 aliphatic rings. The predicted octanol–water partition coefficient (Wildman–Crippen LogP) is 9.32. The van der Waals surface area contributed by atoms with Crippen LogP contribution < -0.4 is 0 Å². The molecule has 41 heavy (non-hydrogen) atoms. The fourth-order valence-corrected chi connectivity index (χ4v) is 7.62. The van der Waals surface area contributed by atoms with Crippen LogP contribution in [0.3, 0.4) is 0 Å². The molecule has 1 spiro atoms. The summed E-state index contributed by atoms with van der Waals surface area (Å²) in [6.07, 6.45) is 10.1. The van der Waals surface area contributed by atoms with Crippen LogP contribution in [0.15, 0.2) is 100 Å². The number of hydrogen-bond acceptors (Lipinski definition) is 5. The molecule has 6 rings (SSSR count). The van der Waals surface area contributed by atoms with E-state index in [4.69, 9.17) is 14.2 Å². The predicted molar refractivity (Wildman–Crippen MR) is 167 cm³/mol. The van der Waals surface area contributed by atoms with Crippen LogP contribution in [0, 0.1) is 5.92 Å². The number of ether oxygens (including phenoxy) is 3. The number of benzene rings is 3. The second-order valence-corrected chi connectivity index (χ2v) is 13.5. The molecule has 0 N–H and O–H groups in total. The number of thioether (sulfide) groups is 1. The Hall–Kier alpha value is -2.38. The molecule has 3 atom stereocenters. The van der Waals surface area contributed by atoms with Gasteiger partial charge in [-0.2, -0.15) is 0 Å². The lowest BCUT2D eigenvalue weighted by molar-refractivity contribution is -0.198. The van der Waals surface area contributed by atoms with E-state index >= 15 is 0 Å². The highest BCUT2D eigenvalue weighted by Crippen LogP contribution is 2.53. The van der Waals surface area contributed by atoms with Crippen molar-refractivity contribution in [3.63, 3.8) is 0 Å². The molecule has 0 aromatic heterocycles. The monoisotopic (exact) mass is 632 g/mol. The van der Waals surface area contributed by atoms with Crippen molar-refractivity contribution in [1.82, 2.24) is 0 Å². The zero-order valence-corrected chi connectivity index (χ0v) is 25.8. The summed E-state index contributed by atoms with van der Waals surface area (Å²) < 4.78 is 20.1. The summed E-state index contributed by atoms with van der Waals surface area (Å²) in [6, 6.07) is 27.1. The highest BCUT2D eigenvalue weighted by molar-refractivity contribution is 9.10. The number of esters is 1. The average Bonchev–Trinajstić information content (AvgIpc) is 3.75. The quantitative estimate of drug-likeness (QED) is 0.174. The first-order valence-corrected chi connectivity index (χ1v) is 16.5. The Balaban J connectivity index is 1.15. The van der Waals surface area contributed by atoms with Gasteiger partial charge in [0.25, 0.3) is 0 Å². The first-order chi connectivity index (χ1) is 20.0. The van der Waals surface area contributed by atoms with Crippen molar-refractivity contribution in [2.24, 2.45) is 5.92 Å². The van der Waals surface area contributed by atoms with Gasteiger partial charge < -0.3 is 14.2 Å². The van der Waals surface area contributed by atoms with Crippen LogP contribution in [0.25, 0.3) is 0 Å². The second-order valence-electron chi connectivity index (χ2n) is 11.3. The van der Waals surface area contributed by atoms with Crippen LogP contribution in [0.1, 0.15) is 80.3 Å². The molecule has 2 saturated carbocycles. The molecule has 0 amide bonds. The Labute approximate surface area is 256 Å². The smallest absolute Gasteiger partial charge is 0.317 e. The van der Waals surface area contributed by atoms with E-state index in [9.17, 15) is 4.79 Å². The van der Waals surface area contributed by atoms with Crippen molar-refractivity contribution in [2.75, 3.05) is 6.61 Å². The van der Waals surface area contributed by atoms with E-state index in [1.807, 2.05) is 36.9 Å². The SMILES string of the molecule is CCOC(=O)C(C=CC1CCC2(CC1)O[C@@H](c1ccccc1)[C@H](c1ccccc1)O2)c1ccc(SC2CC2)c(Br)c1. The minimum Gasteiger partial charge on any atom is -0.465 e. The van der Waals surface area contributed by atoms with E-state index in [2.05, 4.69) is 88.7 Å². The maximum Gasteiger partial charge on any atom is 0.317 e. The first-order valence-electron chi connectivity index (χ1n) is 14.8. The summed E-state index contributed by atoms with van der Waals surface area (Å²) in [5.41, 5.74) is 3.24. The molecule has 4 nitrogen and oxygen atoms in total. The second kappa shape index (κ2) is 12.9.